The van der Waals surface area contributed by atoms with Crippen LogP contribution in [0.5, 0.6) is 0 Å². The number of thiophene rings is 1. The molecule has 0 saturated carbocycles. The lowest BCUT2D eigenvalue weighted by atomic mass is 9.98. The van der Waals surface area contributed by atoms with Gasteiger partial charge in [0.15, 0.2) is 0 Å². The number of ether oxygens (including phenoxy) is 1. The molecule has 1 unspecified atom stereocenters. The first-order valence-corrected chi connectivity index (χ1v) is 8.35. The third kappa shape index (κ3) is 3.41. The molecule has 0 bridgehead atoms. The Morgan fingerprint density at radius 2 is 2.30 bits per heavy atom. The van der Waals surface area contributed by atoms with E-state index in [2.05, 4.69) is 15.9 Å². The van der Waals surface area contributed by atoms with Crippen molar-refractivity contribution in [3.8, 4) is 0 Å². The van der Waals surface area contributed by atoms with Crippen molar-refractivity contribution in [3.63, 3.8) is 0 Å². The SMILES string of the molecule is CCOC(=O)C1CCCN(C(=O)c2cc(C)c(Br)s2)C1. The van der Waals surface area contributed by atoms with Crippen molar-refractivity contribution in [1.29, 1.82) is 0 Å². The summed E-state index contributed by atoms with van der Waals surface area (Å²) < 4.78 is 6.04. The monoisotopic (exact) mass is 359 g/mol. The fourth-order valence-electron chi connectivity index (χ4n) is 2.34. The number of piperidine rings is 1. The molecule has 1 saturated heterocycles. The van der Waals surface area contributed by atoms with Crippen LogP contribution in [-0.4, -0.2) is 36.5 Å². The number of carbonyl (C=O) groups is 2. The van der Waals surface area contributed by atoms with Gasteiger partial charge in [0, 0.05) is 13.1 Å². The quantitative estimate of drug-likeness (QED) is 0.778. The Bertz CT molecular complexity index is 495. The lowest BCUT2D eigenvalue weighted by Crippen LogP contribution is -2.42. The molecule has 1 fully saturated rings. The summed E-state index contributed by atoms with van der Waals surface area (Å²) in [4.78, 5) is 26.7. The van der Waals surface area contributed by atoms with Gasteiger partial charge in [-0.15, -0.1) is 11.3 Å². The van der Waals surface area contributed by atoms with Crippen molar-refractivity contribution in [1.82, 2.24) is 4.90 Å². The second-order valence-electron chi connectivity index (χ2n) is 4.91. The lowest BCUT2D eigenvalue weighted by molar-refractivity contribution is -0.149. The maximum Gasteiger partial charge on any atom is 0.310 e. The van der Waals surface area contributed by atoms with E-state index in [1.807, 2.05) is 13.0 Å². The minimum Gasteiger partial charge on any atom is -0.466 e. The molecule has 6 heteroatoms. The van der Waals surface area contributed by atoms with Crippen molar-refractivity contribution >= 4 is 39.1 Å². The molecule has 0 spiro atoms. The van der Waals surface area contributed by atoms with Crippen molar-refractivity contribution in [2.24, 2.45) is 5.92 Å². The highest BCUT2D eigenvalue weighted by Gasteiger charge is 2.30. The van der Waals surface area contributed by atoms with Crippen LogP contribution in [0.1, 0.15) is 35.0 Å². The summed E-state index contributed by atoms with van der Waals surface area (Å²) in [5, 5.41) is 0. The Morgan fingerprint density at radius 1 is 1.55 bits per heavy atom. The zero-order valence-corrected chi connectivity index (χ0v) is 14.1. The molecule has 2 heterocycles. The molecule has 20 heavy (non-hydrogen) atoms. The van der Waals surface area contributed by atoms with Crippen LogP contribution in [0.3, 0.4) is 0 Å². The van der Waals surface area contributed by atoms with Crippen molar-refractivity contribution in [2.75, 3.05) is 19.7 Å². The van der Waals surface area contributed by atoms with Crippen LogP contribution < -0.4 is 0 Å². The van der Waals surface area contributed by atoms with Gasteiger partial charge < -0.3 is 9.64 Å². The van der Waals surface area contributed by atoms with Gasteiger partial charge in [-0.05, 0) is 54.2 Å². The standard InChI is InChI=1S/C14H18BrNO3S/c1-3-19-14(18)10-5-4-6-16(8-10)13(17)11-7-9(2)12(15)20-11/h7,10H,3-6,8H2,1-2H3. The molecule has 0 aromatic carbocycles. The van der Waals surface area contributed by atoms with Crippen LogP contribution >= 0.6 is 27.3 Å². The molecule has 1 atom stereocenters. The molecule has 0 N–H and O–H groups in total. The predicted molar refractivity (Wildman–Crippen MR) is 82.0 cm³/mol. The summed E-state index contributed by atoms with van der Waals surface area (Å²) >= 11 is 4.88. The molecule has 1 aliphatic rings. The average Bonchev–Trinajstić information content (AvgIpc) is 2.78. The predicted octanol–water partition coefficient (Wildman–Crippen LogP) is 3.23. The number of hydrogen-bond donors (Lipinski definition) is 0. The smallest absolute Gasteiger partial charge is 0.310 e. The Balaban J connectivity index is 2.05. The number of rotatable bonds is 3. The molecule has 1 aromatic heterocycles. The molecule has 0 aliphatic carbocycles. The average molecular weight is 360 g/mol. The second kappa shape index (κ2) is 6.72. The number of carbonyl (C=O) groups excluding carboxylic acids is 2. The number of likely N-dealkylation sites (tertiary alicyclic amines) is 1. The largest absolute Gasteiger partial charge is 0.466 e. The Hall–Kier alpha value is -0.880. The Morgan fingerprint density at radius 3 is 2.90 bits per heavy atom. The summed E-state index contributed by atoms with van der Waals surface area (Å²) in [5.74, 6) is -0.358. The summed E-state index contributed by atoms with van der Waals surface area (Å²) in [6, 6.07) is 1.89. The number of esters is 1. The third-order valence-corrected chi connectivity index (χ3v) is 5.52. The molecule has 2 rings (SSSR count). The number of halogens is 1. The highest BCUT2D eigenvalue weighted by molar-refractivity contribution is 9.11. The van der Waals surface area contributed by atoms with Crippen LogP contribution in [0.25, 0.3) is 0 Å². The Kier molecular flexibility index (Phi) is 5.21. The normalized spacial score (nSPS) is 18.9. The molecule has 0 radical (unpaired) electrons. The van der Waals surface area contributed by atoms with Gasteiger partial charge in [0.2, 0.25) is 0 Å². The summed E-state index contributed by atoms with van der Waals surface area (Å²) in [6.07, 6.45) is 1.65. The number of amides is 1. The number of nitrogens with zero attached hydrogens (tertiary/aromatic N) is 1. The molecule has 1 amide bonds. The van der Waals surface area contributed by atoms with E-state index in [1.54, 1.807) is 11.8 Å². The van der Waals surface area contributed by atoms with Crippen molar-refractivity contribution < 1.29 is 14.3 Å². The third-order valence-electron chi connectivity index (χ3n) is 3.40. The number of aryl methyl sites for hydroxylation is 1. The zero-order valence-electron chi connectivity index (χ0n) is 11.6. The van der Waals surface area contributed by atoms with E-state index in [0.717, 1.165) is 27.1 Å². The van der Waals surface area contributed by atoms with Gasteiger partial charge in [0.1, 0.15) is 0 Å². The first kappa shape index (κ1) is 15.5. The minimum atomic E-state index is -0.187. The van der Waals surface area contributed by atoms with E-state index in [0.29, 0.717) is 19.7 Å². The number of hydrogen-bond acceptors (Lipinski definition) is 4. The molecular formula is C14H18BrNO3S. The van der Waals surface area contributed by atoms with Crippen LogP contribution in [-0.2, 0) is 9.53 Å². The minimum absolute atomic E-state index is 0.0119. The van der Waals surface area contributed by atoms with Gasteiger partial charge in [0.05, 0.1) is 21.2 Å². The lowest BCUT2D eigenvalue weighted by Gasteiger charge is -2.31. The molecule has 1 aromatic rings. The van der Waals surface area contributed by atoms with E-state index in [1.165, 1.54) is 11.3 Å². The van der Waals surface area contributed by atoms with E-state index < -0.39 is 0 Å². The van der Waals surface area contributed by atoms with Gasteiger partial charge in [-0.3, -0.25) is 9.59 Å². The second-order valence-corrected chi connectivity index (χ2v) is 7.28. The summed E-state index contributed by atoms with van der Waals surface area (Å²) in [6.45, 7) is 5.33. The summed E-state index contributed by atoms with van der Waals surface area (Å²) in [7, 11) is 0. The highest BCUT2D eigenvalue weighted by atomic mass is 79.9. The van der Waals surface area contributed by atoms with Crippen LogP contribution in [0.4, 0.5) is 0 Å². The Labute approximate surface area is 131 Å². The maximum absolute atomic E-state index is 12.5. The van der Waals surface area contributed by atoms with E-state index >= 15 is 0 Å². The van der Waals surface area contributed by atoms with E-state index in [4.69, 9.17) is 4.74 Å². The fraction of sp³-hybridized carbons (Fsp3) is 0.571. The van der Waals surface area contributed by atoms with Gasteiger partial charge >= 0.3 is 5.97 Å². The maximum atomic E-state index is 12.5. The van der Waals surface area contributed by atoms with Gasteiger partial charge in [-0.2, -0.15) is 0 Å². The topological polar surface area (TPSA) is 46.6 Å². The molecular weight excluding hydrogens is 342 g/mol. The zero-order chi connectivity index (χ0) is 14.7. The molecule has 1 aliphatic heterocycles. The first-order valence-electron chi connectivity index (χ1n) is 6.74. The van der Waals surface area contributed by atoms with E-state index in [-0.39, 0.29) is 17.8 Å². The summed E-state index contributed by atoms with van der Waals surface area (Å²) in [5.41, 5.74) is 1.07. The van der Waals surface area contributed by atoms with Crippen molar-refractivity contribution in [3.05, 3.63) is 20.3 Å². The van der Waals surface area contributed by atoms with Gasteiger partial charge in [-0.1, -0.05) is 0 Å². The van der Waals surface area contributed by atoms with Crippen LogP contribution in [0, 0.1) is 12.8 Å². The first-order chi connectivity index (χ1) is 9.52. The van der Waals surface area contributed by atoms with E-state index in [9.17, 15) is 9.59 Å². The van der Waals surface area contributed by atoms with Crippen LogP contribution in [0.15, 0.2) is 9.85 Å². The van der Waals surface area contributed by atoms with Crippen LogP contribution in [0.2, 0.25) is 0 Å². The molecule has 110 valence electrons. The highest BCUT2D eigenvalue weighted by Crippen LogP contribution is 2.29. The molecule has 4 nitrogen and oxygen atoms in total. The van der Waals surface area contributed by atoms with Gasteiger partial charge in [-0.25, -0.2) is 0 Å². The fourth-order valence-corrected chi connectivity index (χ4v) is 3.84. The van der Waals surface area contributed by atoms with Gasteiger partial charge in [0.25, 0.3) is 5.91 Å². The van der Waals surface area contributed by atoms with Crippen molar-refractivity contribution in [2.45, 2.75) is 26.7 Å².